The minimum Gasteiger partial charge on any atom is -0.386 e. The molecule has 0 aliphatic carbocycles. The predicted molar refractivity (Wildman–Crippen MR) is 108 cm³/mol. The van der Waals surface area contributed by atoms with Gasteiger partial charge in [-0.2, -0.15) is 8.42 Å². The number of amides is 1. The van der Waals surface area contributed by atoms with Crippen molar-refractivity contribution in [2.75, 3.05) is 32.4 Å². The first kappa shape index (κ1) is 26.0. The topological polar surface area (TPSA) is 108 Å². The molecule has 0 rings (SSSR count). The maximum absolute atomic E-state index is 11.8. The number of likely N-dealkylation sites (N-methyl/N-ethyl adjacent to an activating group) is 1. The van der Waals surface area contributed by atoms with E-state index in [9.17, 15) is 18.3 Å². The highest BCUT2D eigenvalue weighted by Crippen LogP contribution is 2.07. The predicted octanol–water partition coefficient (Wildman–Crippen LogP) is 0.953. The van der Waals surface area contributed by atoms with Crippen molar-refractivity contribution >= 4 is 16.0 Å². The molecular weight excluding hydrogens is 368 g/mol. The number of quaternary nitrogens is 1. The number of aliphatic hydroxyl groups is 1. The molecule has 27 heavy (non-hydrogen) atoms. The molecule has 0 fully saturated rings. The van der Waals surface area contributed by atoms with Crippen LogP contribution in [0.2, 0.25) is 0 Å². The maximum Gasteiger partial charge on any atom is 0.267 e. The number of nitrogens with one attached hydrogen (secondary N) is 2. The van der Waals surface area contributed by atoms with Crippen LogP contribution in [0.15, 0.2) is 12.2 Å². The van der Waals surface area contributed by atoms with Gasteiger partial charge in [0.05, 0.1) is 13.6 Å². The summed E-state index contributed by atoms with van der Waals surface area (Å²) in [5, 5.41) is 12.5. The molecule has 2 unspecified atom stereocenters. The minimum absolute atomic E-state index is 0.0740. The lowest BCUT2D eigenvalue weighted by molar-refractivity contribution is -0.882. The largest absolute Gasteiger partial charge is 0.386 e. The van der Waals surface area contributed by atoms with Crippen LogP contribution in [0.1, 0.15) is 64.7 Å². The van der Waals surface area contributed by atoms with E-state index < -0.39 is 22.0 Å². The standard InChI is InChI=1S/C19H38N2O5S/c1-3-4-5-6-7-8-9-10-11-13-19(23)20-14-12-15-21(2)16-18(22)17-27(24,25)26/h4-5,18,22H,3,6-17H2,1-2H3,(H,20,23)(H,24,25,26)/p+1/b5-4+. The van der Waals surface area contributed by atoms with Crippen LogP contribution in [0.5, 0.6) is 0 Å². The summed E-state index contributed by atoms with van der Waals surface area (Å²) in [7, 11) is -2.31. The molecule has 0 saturated carbocycles. The van der Waals surface area contributed by atoms with Gasteiger partial charge in [-0.05, 0) is 25.7 Å². The van der Waals surface area contributed by atoms with Gasteiger partial charge in [-0.1, -0.05) is 38.3 Å². The lowest BCUT2D eigenvalue weighted by atomic mass is 10.1. The van der Waals surface area contributed by atoms with Gasteiger partial charge in [0.2, 0.25) is 5.91 Å². The second-order valence-electron chi connectivity index (χ2n) is 7.20. The van der Waals surface area contributed by atoms with Gasteiger partial charge in [-0.15, -0.1) is 0 Å². The fourth-order valence-corrected chi connectivity index (χ4v) is 3.48. The Morgan fingerprint density at radius 3 is 2.44 bits per heavy atom. The minimum atomic E-state index is -4.15. The number of aliphatic hydroxyl groups excluding tert-OH is 1. The fourth-order valence-electron chi connectivity index (χ4n) is 2.88. The SMILES string of the molecule is CC/C=C/CCCCCCCC(=O)NCCC[NH+](C)CC(O)CS(=O)(=O)O. The van der Waals surface area contributed by atoms with Crippen molar-refractivity contribution in [3.63, 3.8) is 0 Å². The number of hydrogen-bond donors (Lipinski definition) is 4. The van der Waals surface area contributed by atoms with Crippen LogP contribution < -0.4 is 10.2 Å². The first-order valence-electron chi connectivity index (χ1n) is 10.1. The first-order chi connectivity index (χ1) is 12.7. The zero-order valence-corrected chi connectivity index (χ0v) is 17.8. The van der Waals surface area contributed by atoms with Gasteiger partial charge in [0.25, 0.3) is 10.1 Å². The second-order valence-corrected chi connectivity index (χ2v) is 8.70. The molecule has 0 bridgehead atoms. The van der Waals surface area contributed by atoms with E-state index in [0.29, 0.717) is 19.5 Å². The van der Waals surface area contributed by atoms with Crippen molar-refractivity contribution in [1.29, 1.82) is 0 Å². The number of hydrogen-bond acceptors (Lipinski definition) is 4. The quantitative estimate of drug-likeness (QED) is 0.163. The van der Waals surface area contributed by atoms with Gasteiger partial charge in [-0.3, -0.25) is 9.35 Å². The van der Waals surface area contributed by atoms with E-state index >= 15 is 0 Å². The Bertz CT molecular complexity index is 508. The summed E-state index contributed by atoms with van der Waals surface area (Å²) in [6, 6.07) is 0. The average molecular weight is 408 g/mol. The number of carbonyl (C=O) groups excluding carboxylic acids is 1. The Labute approximate surface area is 165 Å². The Balaban J connectivity index is 3.54. The molecule has 0 aromatic rings. The van der Waals surface area contributed by atoms with Crippen molar-refractivity contribution in [2.45, 2.75) is 70.8 Å². The normalized spacial score (nSPS) is 14.4. The molecule has 1 amide bonds. The van der Waals surface area contributed by atoms with Crippen LogP contribution in [-0.2, 0) is 14.9 Å². The highest BCUT2D eigenvalue weighted by atomic mass is 32.2. The number of carbonyl (C=O) groups is 1. The molecule has 0 aliphatic rings. The van der Waals surface area contributed by atoms with Gasteiger partial charge >= 0.3 is 0 Å². The summed E-state index contributed by atoms with van der Waals surface area (Å²) in [5.74, 6) is -0.568. The van der Waals surface area contributed by atoms with E-state index in [1.807, 2.05) is 7.05 Å². The van der Waals surface area contributed by atoms with E-state index in [4.69, 9.17) is 4.55 Å². The summed E-state index contributed by atoms with van der Waals surface area (Å²) < 4.78 is 30.1. The molecule has 0 spiro atoms. The molecule has 4 N–H and O–H groups in total. The van der Waals surface area contributed by atoms with Crippen molar-refractivity contribution < 1.29 is 27.8 Å². The highest BCUT2D eigenvalue weighted by molar-refractivity contribution is 7.85. The zero-order valence-electron chi connectivity index (χ0n) is 17.0. The molecule has 8 heteroatoms. The zero-order chi connectivity index (χ0) is 20.5. The van der Waals surface area contributed by atoms with Crippen LogP contribution >= 0.6 is 0 Å². The van der Waals surface area contributed by atoms with Gasteiger partial charge in [0.15, 0.2) is 0 Å². The number of rotatable bonds is 17. The summed E-state index contributed by atoms with van der Waals surface area (Å²) in [6.07, 6.45) is 12.5. The van der Waals surface area contributed by atoms with Crippen LogP contribution in [-0.4, -0.2) is 62.5 Å². The fraction of sp³-hybridized carbons (Fsp3) is 0.842. The molecule has 0 radical (unpaired) electrons. The molecule has 7 nitrogen and oxygen atoms in total. The Morgan fingerprint density at radius 2 is 1.78 bits per heavy atom. The third kappa shape index (κ3) is 19.6. The van der Waals surface area contributed by atoms with E-state index in [0.717, 1.165) is 37.0 Å². The van der Waals surface area contributed by atoms with E-state index in [2.05, 4.69) is 24.4 Å². The summed E-state index contributed by atoms with van der Waals surface area (Å²) >= 11 is 0. The van der Waals surface area contributed by atoms with Gasteiger partial charge in [0.1, 0.15) is 18.4 Å². The molecule has 0 heterocycles. The molecule has 160 valence electrons. The number of unbranched alkanes of at least 4 members (excludes halogenated alkanes) is 5. The van der Waals surface area contributed by atoms with Crippen LogP contribution in [0.3, 0.4) is 0 Å². The molecule has 0 aliphatic heterocycles. The highest BCUT2D eigenvalue weighted by Gasteiger charge is 2.18. The Morgan fingerprint density at radius 1 is 1.11 bits per heavy atom. The maximum atomic E-state index is 11.8. The summed E-state index contributed by atoms with van der Waals surface area (Å²) in [5.41, 5.74) is 0. The first-order valence-corrected chi connectivity index (χ1v) is 11.7. The van der Waals surface area contributed by atoms with Crippen molar-refractivity contribution in [2.24, 2.45) is 0 Å². The van der Waals surface area contributed by atoms with Crippen LogP contribution in [0.4, 0.5) is 0 Å². The van der Waals surface area contributed by atoms with Gasteiger partial charge in [0, 0.05) is 19.4 Å². The van der Waals surface area contributed by atoms with E-state index in [-0.39, 0.29) is 12.5 Å². The van der Waals surface area contributed by atoms with E-state index in [1.165, 1.54) is 19.3 Å². The lowest BCUT2D eigenvalue weighted by Gasteiger charge is -2.17. The lowest BCUT2D eigenvalue weighted by Crippen LogP contribution is -3.10. The van der Waals surface area contributed by atoms with Gasteiger partial charge < -0.3 is 15.3 Å². The Kier molecular flexibility index (Phi) is 15.5. The van der Waals surface area contributed by atoms with Crippen molar-refractivity contribution in [1.82, 2.24) is 5.32 Å². The summed E-state index contributed by atoms with van der Waals surface area (Å²) in [6.45, 7) is 3.66. The summed E-state index contributed by atoms with van der Waals surface area (Å²) in [4.78, 5) is 12.7. The molecular formula is C19H39N2O5S+. The third-order valence-electron chi connectivity index (χ3n) is 4.27. The second kappa shape index (κ2) is 16.0. The van der Waals surface area contributed by atoms with Gasteiger partial charge in [-0.25, -0.2) is 0 Å². The average Bonchev–Trinajstić information content (AvgIpc) is 2.55. The Hall–Kier alpha value is -0.960. The van der Waals surface area contributed by atoms with E-state index in [1.54, 1.807) is 0 Å². The monoisotopic (exact) mass is 407 g/mol. The van der Waals surface area contributed by atoms with Crippen LogP contribution in [0, 0.1) is 0 Å². The molecule has 0 saturated heterocycles. The molecule has 2 atom stereocenters. The third-order valence-corrected chi connectivity index (χ3v) is 5.07. The molecule has 0 aromatic carbocycles. The number of allylic oxidation sites excluding steroid dienone is 2. The van der Waals surface area contributed by atoms with Crippen molar-refractivity contribution in [3.05, 3.63) is 12.2 Å². The van der Waals surface area contributed by atoms with Crippen molar-refractivity contribution in [3.8, 4) is 0 Å². The molecule has 0 aromatic heterocycles. The van der Waals surface area contributed by atoms with Crippen LogP contribution in [0.25, 0.3) is 0 Å². The smallest absolute Gasteiger partial charge is 0.267 e.